The molecular weight excluding hydrogens is 406 g/mol. The van der Waals surface area contributed by atoms with E-state index < -0.39 is 17.6 Å². The number of rotatable bonds is 3. The van der Waals surface area contributed by atoms with E-state index in [9.17, 15) is 13.6 Å². The minimum Gasteiger partial charge on any atom is -0.497 e. The van der Waals surface area contributed by atoms with Gasteiger partial charge in [0.15, 0.2) is 0 Å². The number of nitrogens with two attached hydrogens (primary N) is 1. The maximum Gasteiger partial charge on any atom is 0.313 e. The van der Waals surface area contributed by atoms with Crippen molar-refractivity contribution in [1.29, 1.82) is 0 Å². The standard InChI is InChI=1S/C11H11F2NO2.C8H6ClN3O/c1-16-7-3-8(12)11(9(13)4-7)6-2-10(15)14-5-6;9-6-3-1-5(2-4-6)7-11-12-8(10)13-7/h3-4,6H,2,5H2,1H3,(H,14,15);1-4H,(H2,10,12). The second-order valence-electron chi connectivity index (χ2n) is 6.16. The van der Waals surface area contributed by atoms with Gasteiger partial charge in [-0.2, -0.15) is 0 Å². The molecule has 1 unspecified atom stereocenters. The average molecular weight is 423 g/mol. The van der Waals surface area contributed by atoms with Gasteiger partial charge >= 0.3 is 6.01 Å². The van der Waals surface area contributed by atoms with Crippen LogP contribution in [0.25, 0.3) is 11.5 Å². The molecule has 0 radical (unpaired) electrons. The Labute approximate surface area is 169 Å². The fraction of sp³-hybridized carbons (Fsp3) is 0.211. The first-order valence-corrected chi connectivity index (χ1v) is 8.89. The van der Waals surface area contributed by atoms with Crippen LogP contribution in [0.1, 0.15) is 17.9 Å². The zero-order chi connectivity index (χ0) is 21.0. The Morgan fingerprint density at radius 3 is 2.34 bits per heavy atom. The van der Waals surface area contributed by atoms with Crippen LogP contribution in [0.2, 0.25) is 5.02 Å². The number of anilines is 1. The third-order valence-corrected chi connectivity index (χ3v) is 4.46. The predicted octanol–water partition coefficient (Wildman–Crippen LogP) is 3.55. The molecule has 0 aliphatic carbocycles. The van der Waals surface area contributed by atoms with Gasteiger partial charge in [-0.1, -0.05) is 16.7 Å². The number of halogens is 3. The van der Waals surface area contributed by atoms with Crippen LogP contribution in [0.5, 0.6) is 5.75 Å². The Hall–Kier alpha value is -3.20. The maximum atomic E-state index is 13.6. The predicted molar refractivity (Wildman–Crippen MR) is 102 cm³/mol. The molecule has 29 heavy (non-hydrogen) atoms. The molecule has 0 spiro atoms. The van der Waals surface area contributed by atoms with Crippen molar-refractivity contribution < 1.29 is 22.7 Å². The summed E-state index contributed by atoms with van der Waals surface area (Å²) in [6.07, 6.45) is 0.125. The summed E-state index contributed by atoms with van der Waals surface area (Å²) in [4.78, 5) is 11.0. The van der Waals surface area contributed by atoms with Crippen molar-refractivity contribution in [3.8, 4) is 17.2 Å². The van der Waals surface area contributed by atoms with Crippen LogP contribution in [0.15, 0.2) is 40.8 Å². The Balaban J connectivity index is 0.000000169. The number of ether oxygens (including phenoxy) is 1. The van der Waals surface area contributed by atoms with Gasteiger partial charge in [-0.05, 0) is 24.3 Å². The first kappa shape index (κ1) is 20.5. The van der Waals surface area contributed by atoms with Crippen molar-refractivity contribution in [2.24, 2.45) is 0 Å². The molecule has 1 aliphatic heterocycles. The molecule has 2 aromatic carbocycles. The Kier molecular flexibility index (Phi) is 6.28. The second-order valence-corrected chi connectivity index (χ2v) is 6.60. The number of nitrogen functional groups attached to an aromatic ring is 1. The first-order chi connectivity index (χ1) is 13.9. The van der Waals surface area contributed by atoms with E-state index in [1.165, 1.54) is 7.11 Å². The molecule has 3 N–H and O–H groups in total. The van der Waals surface area contributed by atoms with E-state index in [-0.39, 0.29) is 36.2 Å². The molecule has 152 valence electrons. The van der Waals surface area contributed by atoms with Crippen LogP contribution in [0.3, 0.4) is 0 Å². The van der Waals surface area contributed by atoms with E-state index in [4.69, 9.17) is 26.5 Å². The maximum absolute atomic E-state index is 13.6. The van der Waals surface area contributed by atoms with Gasteiger partial charge in [0.2, 0.25) is 11.8 Å². The number of nitrogens with one attached hydrogen (secondary N) is 1. The lowest BCUT2D eigenvalue weighted by Crippen LogP contribution is -2.14. The molecule has 1 aromatic heterocycles. The molecule has 7 nitrogen and oxygen atoms in total. The summed E-state index contributed by atoms with van der Waals surface area (Å²) in [7, 11) is 1.34. The highest BCUT2D eigenvalue weighted by Crippen LogP contribution is 2.30. The van der Waals surface area contributed by atoms with Gasteiger partial charge in [-0.15, -0.1) is 5.10 Å². The second kappa shape index (κ2) is 8.87. The summed E-state index contributed by atoms with van der Waals surface area (Å²) in [5.41, 5.74) is 6.04. The van der Waals surface area contributed by atoms with Crippen LogP contribution in [0.4, 0.5) is 14.8 Å². The van der Waals surface area contributed by atoms with Crippen molar-refractivity contribution >= 4 is 23.5 Å². The quantitative estimate of drug-likeness (QED) is 0.669. The van der Waals surface area contributed by atoms with E-state index >= 15 is 0 Å². The smallest absolute Gasteiger partial charge is 0.313 e. The summed E-state index contributed by atoms with van der Waals surface area (Å²) >= 11 is 5.71. The molecule has 1 fully saturated rings. The van der Waals surface area contributed by atoms with Crippen molar-refractivity contribution in [3.63, 3.8) is 0 Å². The minimum atomic E-state index is -0.668. The number of carbonyl (C=O) groups excluding carboxylic acids is 1. The Bertz CT molecular complexity index is 988. The average Bonchev–Trinajstić information content (AvgIpc) is 3.31. The Morgan fingerprint density at radius 2 is 1.86 bits per heavy atom. The molecule has 2 heterocycles. The molecule has 3 aromatic rings. The molecule has 4 rings (SSSR count). The highest BCUT2D eigenvalue weighted by atomic mass is 35.5. The summed E-state index contributed by atoms with van der Waals surface area (Å²) in [6, 6.07) is 9.38. The van der Waals surface area contributed by atoms with E-state index in [0.717, 1.165) is 17.7 Å². The lowest BCUT2D eigenvalue weighted by atomic mass is 9.97. The molecule has 0 bridgehead atoms. The van der Waals surface area contributed by atoms with Gasteiger partial charge < -0.3 is 20.2 Å². The zero-order valence-corrected chi connectivity index (χ0v) is 16.0. The van der Waals surface area contributed by atoms with Crippen molar-refractivity contribution in [2.75, 3.05) is 19.4 Å². The summed E-state index contributed by atoms with van der Waals surface area (Å²) in [5, 5.41) is 10.5. The number of hydrogen-bond acceptors (Lipinski definition) is 6. The SMILES string of the molecule is COc1cc(F)c(C2CNC(=O)C2)c(F)c1.Nc1nnc(-c2ccc(Cl)cc2)o1. The van der Waals surface area contributed by atoms with Gasteiger partial charge in [0.25, 0.3) is 0 Å². The van der Waals surface area contributed by atoms with Crippen LogP contribution in [-0.4, -0.2) is 29.8 Å². The zero-order valence-electron chi connectivity index (χ0n) is 15.3. The van der Waals surface area contributed by atoms with Crippen molar-refractivity contribution in [3.05, 3.63) is 58.6 Å². The lowest BCUT2D eigenvalue weighted by molar-refractivity contribution is -0.119. The van der Waals surface area contributed by atoms with E-state index in [1.807, 2.05) is 0 Å². The van der Waals surface area contributed by atoms with Gasteiger partial charge in [0.05, 0.1) is 7.11 Å². The molecule has 1 aliphatic rings. The van der Waals surface area contributed by atoms with Gasteiger partial charge in [0, 0.05) is 47.2 Å². The summed E-state index contributed by atoms with van der Waals surface area (Å²) in [5.74, 6) is -1.42. The number of carbonyl (C=O) groups is 1. The largest absolute Gasteiger partial charge is 0.497 e. The number of aromatic nitrogens is 2. The molecule has 1 saturated heterocycles. The van der Waals surface area contributed by atoms with Gasteiger partial charge in [0.1, 0.15) is 17.4 Å². The Morgan fingerprint density at radius 1 is 1.21 bits per heavy atom. The van der Waals surface area contributed by atoms with Gasteiger partial charge in [-0.25, -0.2) is 8.78 Å². The van der Waals surface area contributed by atoms with Crippen molar-refractivity contribution in [2.45, 2.75) is 12.3 Å². The highest BCUT2D eigenvalue weighted by molar-refractivity contribution is 6.30. The van der Waals surface area contributed by atoms with E-state index in [0.29, 0.717) is 10.9 Å². The molecule has 1 amide bonds. The third kappa shape index (κ3) is 5.00. The van der Waals surface area contributed by atoms with Crippen LogP contribution in [0, 0.1) is 11.6 Å². The van der Waals surface area contributed by atoms with E-state index in [1.54, 1.807) is 24.3 Å². The number of amides is 1. The monoisotopic (exact) mass is 422 g/mol. The number of nitrogens with zero attached hydrogens (tertiary/aromatic N) is 2. The molecule has 0 saturated carbocycles. The van der Waals surface area contributed by atoms with E-state index in [2.05, 4.69) is 15.5 Å². The van der Waals surface area contributed by atoms with Crippen LogP contribution in [-0.2, 0) is 4.79 Å². The third-order valence-electron chi connectivity index (χ3n) is 4.21. The summed E-state index contributed by atoms with van der Waals surface area (Å²) < 4.78 is 37.0. The molecule has 10 heteroatoms. The number of methoxy groups -OCH3 is 1. The first-order valence-electron chi connectivity index (χ1n) is 8.52. The van der Waals surface area contributed by atoms with Gasteiger partial charge in [-0.3, -0.25) is 4.79 Å². The molecule has 1 atom stereocenters. The fourth-order valence-electron chi connectivity index (χ4n) is 2.82. The van der Waals surface area contributed by atoms with Crippen molar-refractivity contribution in [1.82, 2.24) is 15.5 Å². The highest BCUT2D eigenvalue weighted by Gasteiger charge is 2.28. The minimum absolute atomic E-state index is 0.0425. The topological polar surface area (TPSA) is 103 Å². The lowest BCUT2D eigenvalue weighted by Gasteiger charge is -2.11. The fourth-order valence-corrected chi connectivity index (χ4v) is 2.95. The normalized spacial score (nSPS) is 15.4. The summed E-state index contributed by atoms with van der Waals surface area (Å²) in [6.45, 7) is 0.277. The van der Waals surface area contributed by atoms with Crippen LogP contribution < -0.4 is 15.8 Å². The number of hydrogen-bond donors (Lipinski definition) is 2. The molecular formula is C19H17ClF2N4O3. The number of benzene rings is 2. The van der Waals surface area contributed by atoms with Crippen LogP contribution >= 0.6 is 11.6 Å².